The van der Waals surface area contributed by atoms with Crippen molar-refractivity contribution < 1.29 is 28.6 Å². The van der Waals surface area contributed by atoms with Crippen molar-refractivity contribution in [2.24, 2.45) is 0 Å². The molecule has 1 amide bonds. The van der Waals surface area contributed by atoms with Gasteiger partial charge in [0.15, 0.2) is 6.04 Å². The van der Waals surface area contributed by atoms with Gasteiger partial charge in [-0.3, -0.25) is 0 Å². The number of hydrogen-bond acceptors (Lipinski definition) is 5. The quantitative estimate of drug-likeness (QED) is 0.714. The number of halogens is 1. The van der Waals surface area contributed by atoms with E-state index in [4.69, 9.17) is 20.3 Å². The summed E-state index contributed by atoms with van der Waals surface area (Å²) in [5.41, 5.74) is 4.82. The van der Waals surface area contributed by atoms with Crippen LogP contribution in [0.1, 0.15) is 20.8 Å². The van der Waals surface area contributed by atoms with E-state index in [1.807, 2.05) is 0 Å². The lowest BCUT2D eigenvalue weighted by Gasteiger charge is -2.22. The fourth-order valence-corrected chi connectivity index (χ4v) is 1.45. The Morgan fingerprint density at radius 3 is 2.55 bits per heavy atom. The number of carbonyl (C=O) groups excluding carboxylic acids is 1. The third-order valence-electron chi connectivity index (χ3n) is 2.37. The lowest BCUT2D eigenvalue weighted by atomic mass is 10.2. The molecule has 0 spiro atoms. The number of carbonyl (C=O) groups is 2. The second kappa shape index (κ2) is 6.97. The first-order chi connectivity index (χ1) is 10.1. The van der Waals surface area contributed by atoms with E-state index in [0.29, 0.717) is 0 Å². The number of benzene rings is 1. The Morgan fingerprint density at radius 2 is 2.05 bits per heavy atom. The number of amides is 1. The van der Waals surface area contributed by atoms with Crippen LogP contribution < -0.4 is 15.8 Å². The fourth-order valence-electron chi connectivity index (χ4n) is 1.45. The summed E-state index contributed by atoms with van der Waals surface area (Å²) in [5.74, 6) is -1.71. The number of nitrogens with one attached hydrogen (secondary N) is 1. The van der Waals surface area contributed by atoms with Crippen molar-refractivity contribution in [2.45, 2.75) is 32.4 Å². The molecule has 1 aromatic rings. The highest BCUT2D eigenvalue weighted by atomic mass is 19.1. The van der Waals surface area contributed by atoms with Gasteiger partial charge in [-0.15, -0.1) is 0 Å². The topological polar surface area (TPSA) is 111 Å². The number of carboxylic acids is 1. The van der Waals surface area contributed by atoms with E-state index in [1.54, 1.807) is 20.8 Å². The molecule has 1 unspecified atom stereocenters. The molecule has 1 rings (SSSR count). The predicted octanol–water partition coefficient (Wildman–Crippen LogP) is 1.76. The maximum Gasteiger partial charge on any atom is 0.408 e. The molecule has 0 aliphatic carbocycles. The average Bonchev–Trinajstić information content (AvgIpc) is 2.33. The number of hydrogen-bond donors (Lipinski definition) is 3. The van der Waals surface area contributed by atoms with Crippen LogP contribution in [0, 0.1) is 5.82 Å². The highest BCUT2D eigenvalue weighted by Crippen LogP contribution is 2.21. The Labute approximate surface area is 127 Å². The summed E-state index contributed by atoms with van der Waals surface area (Å²) in [4.78, 5) is 22.7. The minimum atomic E-state index is -1.33. The van der Waals surface area contributed by atoms with Crippen LogP contribution in [-0.2, 0) is 9.53 Å². The van der Waals surface area contributed by atoms with E-state index < -0.39 is 29.5 Å². The summed E-state index contributed by atoms with van der Waals surface area (Å²) in [6.07, 6.45) is -0.879. The minimum absolute atomic E-state index is 0.0291. The molecule has 0 bridgehead atoms. The van der Waals surface area contributed by atoms with E-state index in [9.17, 15) is 14.0 Å². The third kappa shape index (κ3) is 5.86. The molecule has 1 atom stereocenters. The molecule has 0 aromatic heterocycles. The lowest BCUT2D eigenvalue weighted by molar-refractivity contribution is -0.140. The van der Waals surface area contributed by atoms with Gasteiger partial charge < -0.3 is 25.6 Å². The lowest BCUT2D eigenvalue weighted by Crippen LogP contribution is -2.46. The second-order valence-electron chi connectivity index (χ2n) is 5.53. The number of rotatable bonds is 5. The number of anilines is 1. The number of ether oxygens (including phenoxy) is 2. The van der Waals surface area contributed by atoms with E-state index in [2.05, 4.69) is 5.32 Å². The van der Waals surface area contributed by atoms with Gasteiger partial charge in [-0.05, 0) is 32.9 Å². The minimum Gasteiger partial charge on any atom is -0.489 e. The molecule has 0 aliphatic rings. The molecule has 0 fully saturated rings. The molecule has 1 aromatic carbocycles. The van der Waals surface area contributed by atoms with E-state index in [1.165, 1.54) is 6.07 Å². The first-order valence-corrected chi connectivity index (χ1v) is 6.48. The van der Waals surface area contributed by atoms with E-state index >= 15 is 0 Å². The summed E-state index contributed by atoms with van der Waals surface area (Å²) in [5, 5.41) is 11.2. The maximum atomic E-state index is 12.9. The first kappa shape index (κ1) is 17.5. The number of carboxylic acid groups (broad SMARTS) is 1. The predicted molar refractivity (Wildman–Crippen MR) is 77.1 cm³/mol. The second-order valence-corrected chi connectivity index (χ2v) is 5.53. The van der Waals surface area contributed by atoms with Gasteiger partial charge in [-0.25, -0.2) is 14.0 Å². The summed E-state index contributed by atoms with van der Waals surface area (Å²) >= 11 is 0. The van der Waals surface area contributed by atoms with Crippen LogP contribution in [0.4, 0.5) is 14.9 Å². The molecule has 0 radical (unpaired) electrons. The van der Waals surface area contributed by atoms with Crippen molar-refractivity contribution in [1.82, 2.24) is 5.32 Å². The van der Waals surface area contributed by atoms with Crippen molar-refractivity contribution in [3.8, 4) is 5.75 Å². The van der Waals surface area contributed by atoms with E-state index in [-0.39, 0.29) is 18.0 Å². The molecule has 122 valence electrons. The molecular formula is C14H19FN2O5. The fraction of sp³-hybridized carbons (Fsp3) is 0.429. The van der Waals surface area contributed by atoms with Crippen LogP contribution in [0.2, 0.25) is 0 Å². The zero-order chi connectivity index (χ0) is 16.9. The van der Waals surface area contributed by atoms with Crippen molar-refractivity contribution in [1.29, 1.82) is 0 Å². The molecule has 22 heavy (non-hydrogen) atoms. The highest BCUT2D eigenvalue weighted by molar-refractivity contribution is 5.80. The van der Waals surface area contributed by atoms with Crippen molar-refractivity contribution in [2.75, 3.05) is 12.3 Å². The van der Waals surface area contributed by atoms with Gasteiger partial charge in [0.05, 0.1) is 5.69 Å². The Morgan fingerprint density at radius 1 is 1.41 bits per heavy atom. The monoisotopic (exact) mass is 314 g/mol. The van der Waals surface area contributed by atoms with Gasteiger partial charge in [0.2, 0.25) is 0 Å². The Hall–Kier alpha value is -2.51. The molecule has 0 aliphatic heterocycles. The van der Waals surface area contributed by atoms with Crippen molar-refractivity contribution in [3.05, 3.63) is 24.0 Å². The summed E-state index contributed by atoms with van der Waals surface area (Å²) in [6, 6.07) is 2.12. The Balaban J connectivity index is 2.65. The molecule has 7 nitrogen and oxygen atoms in total. The zero-order valence-corrected chi connectivity index (χ0v) is 12.6. The van der Waals surface area contributed by atoms with Crippen molar-refractivity contribution in [3.63, 3.8) is 0 Å². The summed E-state index contributed by atoms with van der Waals surface area (Å²) in [7, 11) is 0. The summed E-state index contributed by atoms with van der Waals surface area (Å²) < 4.78 is 23.1. The summed E-state index contributed by atoms with van der Waals surface area (Å²) in [6.45, 7) is 4.57. The maximum absolute atomic E-state index is 12.9. The van der Waals surface area contributed by atoms with Crippen LogP contribution in [0.25, 0.3) is 0 Å². The van der Waals surface area contributed by atoms with Gasteiger partial charge in [-0.2, -0.15) is 0 Å². The zero-order valence-electron chi connectivity index (χ0n) is 12.6. The number of nitrogens with two attached hydrogens (primary N) is 1. The van der Waals surface area contributed by atoms with Crippen LogP contribution in [-0.4, -0.2) is 35.4 Å². The smallest absolute Gasteiger partial charge is 0.408 e. The van der Waals surface area contributed by atoms with Gasteiger partial charge in [0.25, 0.3) is 0 Å². The Bertz CT molecular complexity index is 557. The van der Waals surface area contributed by atoms with Crippen LogP contribution in [0.15, 0.2) is 18.2 Å². The normalized spacial score (nSPS) is 12.4. The van der Waals surface area contributed by atoms with Gasteiger partial charge in [-0.1, -0.05) is 0 Å². The van der Waals surface area contributed by atoms with Crippen LogP contribution in [0.5, 0.6) is 5.75 Å². The molecule has 0 saturated heterocycles. The van der Waals surface area contributed by atoms with Crippen LogP contribution in [0.3, 0.4) is 0 Å². The average molecular weight is 314 g/mol. The standard InChI is InChI=1S/C14H19FN2O5/c1-14(2,3)22-13(20)17-10(12(18)19)7-21-11-5-4-8(15)6-9(11)16/h4-6,10H,7,16H2,1-3H3,(H,17,20)(H,18,19). The molecule has 8 heteroatoms. The first-order valence-electron chi connectivity index (χ1n) is 6.48. The number of aliphatic carboxylic acids is 1. The molecular weight excluding hydrogens is 295 g/mol. The molecule has 4 N–H and O–H groups in total. The molecule has 0 heterocycles. The number of nitrogen functional groups attached to an aromatic ring is 1. The number of alkyl carbamates (subject to hydrolysis) is 1. The largest absolute Gasteiger partial charge is 0.489 e. The third-order valence-corrected chi connectivity index (χ3v) is 2.37. The van der Waals surface area contributed by atoms with Crippen molar-refractivity contribution >= 4 is 17.7 Å². The van der Waals surface area contributed by atoms with Gasteiger partial charge in [0.1, 0.15) is 23.8 Å². The Kier molecular flexibility index (Phi) is 5.56. The van der Waals surface area contributed by atoms with Crippen LogP contribution >= 0.6 is 0 Å². The SMILES string of the molecule is CC(C)(C)OC(=O)NC(COc1ccc(F)cc1N)C(=O)O. The van der Waals surface area contributed by atoms with E-state index in [0.717, 1.165) is 12.1 Å². The molecule has 0 saturated carbocycles. The van der Waals surface area contributed by atoms with Gasteiger partial charge in [0, 0.05) is 6.07 Å². The van der Waals surface area contributed by atoms with Gasteiger partial charge >= 0.3 is 12.1 Å². The highest BCUT2D eigenvalue weighted by Gasteiger charge is 2.24.